The lowest BCUT2D eigenvalue weighted by Crippen LogP contribution is -2.13. The van der Waals surface area contributed by atoms with Gasteiger partial charge in [-0.25, -0.2) is 8.42 Å². The Labute approximate surface area is 186 Å². The monoisotopic (exact) mass is 453 g/mol. The predicted octanol–water partition coefficient (Wildman–Crippen LogP) is 3.74. The van der Waals surface area contributed by atoms with Crippen molar-refractivity contribution in [1.82, 2.24) is 0 Å². The zero-order chi connectivity index (χ0) is 23.1. The molecule has 0 aliphatic carbocycles. The third-order valence-electron chi connectivity index (χ3n) is 4.47. The highest BCUT2D eigenvalue weighted by Gasteiger charge is 2.15. The Bertz CT molecular complexity index is 1240. The van der Waals surface area contributed by atoms with E-state index in [0.717, 1.165) is 0 Å². The van der Waals surface area contributed by atoms with Crippen molar-refractivity contribution in [3.63, 3.8) is 0 Å². The molecule has 3 aromatic carbocycles. The van der Waals surface area contributed by atoms with Gasteiger partial charge < -0.3 is 20.5 Å². The summed E-state index contributed by atoms with van der Waals surface area (Å²) in [5.41, 5.74) is 7.78. The van der Waals surface area contributed by atoms with Crippen LogP contribution in [-0.4, -0.2) is 28.5 Å². The maximum absolute atomic E-state index is 12.7. The first kappa shape index (κ1) is 22.7. The molecular weight excluding hydrogens is 430 g/mol. The SMILES string of the molecule is COc1ccc(NS(=O)(=O)c2ccc(/C=C/C(=O)Nc3ccccc3N)cc2)cc1OC. The number of benzene rings is 3. The van der Waals surface area contributed by atoms with E-state index in [9.17, 15) is 13.2 Å². The molecule has 4 N–H and O–H groups in total. The van der Waals surface area contributed by atoms with Crippen LogP contribution in [0.2, 0.25) is 0 Å². The molecule has 0 bridgehead atoms. The van der Waals surface area contributed by atoms with Crippen LogP contribution in [0.1, 0.15) is 5.56 Å². The fourth-order valence-electron chi connectivity index (χ4n) is 2.83. The van der Waals surface area contributed by atoms with Crippen molar-refractivity contribution in [1.29, 1.82) is 0 Å². The van der Waals surface area contributed by atoms with Crippen molar-refractivity contribution in [2.24, 2.45) is 0 Å². The van der Waals surface area contributed by atoms with E-state index in [1.807, 2.05) is 0 Å². The fraction of sp³-hybridized carbons (Fsp3) is 0.0870. The largest absolute Gasteiger partial charge is 0.493 e. The summed E-state index contributed by atoms with van der Waals surface area (Å²) in [7, 11) is -0.847. The Morgan fingerprint density at radius 3 is 2.28 bits per heavy atom. The van der Waals surface area contributed by atoms with Crippen molar-refractivity contribution in [3.8, 4) is 11.5 Å². The number of para-hydroxylation sites is 2. The number of sulfonamides is 1. The van der Waals surface area contributed by atoms with Crippen LogP contribution < -0.4 is 25.2 Å². The van der Waals surface area contributed by atoms with E-state index < -0.39 is 10.0 Å². The topological polar surface area (TPSA) is 120 Å². The number of amides is 1. The molecule has 9 heteroatoms. The van der Waals surface area contributed by atoms with E-state index in [1.54, 1.807) is 54.6 Å². The number of nitrogen functional groups attached to an aromatic ring is 1. The Hall–Kier alpha value is -3.98. The number of nitrogens with one attached hydrogen (secondary N) is 2. The molecule has 0 saturated carbocycles. The quantitative estimate of drug-likeness (QED) is 0.353. The van der Waals surface area contributed by atoms with Crippen LogP contribution in [0.5, 0.6) is 11.5 Å². The molecule has 32 heavy (non-hydrogen) atoms. The molecule has 0 aliphatic rings. The minimum absolute atomic E-state index is 0.0749. The molecule has 3 aromatic rings. The normalized spacial score (nSPS) is 11.2. The van der Waals surface area contributed by atoms with Crippen LogP contribution >= 0.6 is 0 Å². The van der Waals surface area contributed by atoms with Crippen LogP contribution in [0.25, 0.3) is 6.08 Å². The van der Waals surface area contributed by atoms with Crippen molar-refractivity contribution in [3.05, 3.63) is 78.4 Å². The van der Waals surface area contributed by atoms with Gasteiger partial charge in [-0.15, -0.1) is 0 Å². The summed E-state index contributed by atoms with van der Waals surface area (Å²) in [5, 5.41) is 2.69. The number of nitrogens with two attached hydrogens (primary N) is 1. The Morgan fingerprint density at radius 2 is 1.62 bits per heavy atom. The zero-order valence-electron chi connectivity index (χ0n) is 17.5. The smallest absolute Gasteiger partial charge is 0.261 e. The van der Waals surface area contributed by atoms with Gasteiger partial charge in [-0.05, 0) is 48.0 Å². The summed E-state index contributed by atoms with van der Waals surface area (Å²) in [6.45, 7) is 0. The standard InChI is InChI=1S/C23H23N3O5S/c1-30-21-13-10-17(15-22(21)31-2)26-32(28,29)18-11-7-16(8-12-18)9-14-23(27)25-20-6-4-3-5-19(20)24/h3-15,26H,24H2,1-2H3,(H,25,27)/b14-9+. The fourth-order valence-corrected chi connectivity index (χ4v) is 3.88. The van der Waals surface area contributed by atoms with Gasteiger partial charge in [-0.2, -0.15) is 0 Å². The molecule has 0 aromatic heterocycles. The molecule has 1 amide bonds. The average Bonchev–Trinajstić information content (AvgIpc) is 2.79. The number of rotatable bonds is 8. The number of anilines is 3. The van der Waals surface area contributed by atoms with Gasteiger partial charge in [0.25, 0.3) is 10.0 Å². The van der Waals surface area contributed by atoms with E-state index in [1.165, 1.54) is 38.5 Å². The van der Waals surface area contributed by atoms with Crippen molar-refractivity contribution in [2.45, 2.75) is 4.90 Å². The second-order valence-corrected chi connectivity index (χ2v) is 8.34. The molecule has 0 aliphatic heterocycles. The summed E-state index contributed by atoms with van der Waals surface area (Å²) in [6.07, 6.45) is 2.92. The summed E-state index contributed by atoms with van der Waals surface area (Å²) in [6, 6.07) is 17.8. The molecule has 0 radical (unpaired) electrons. The van der Waals surface area contributed by atoms with Gasteiger partial charge >= 0.3 is 0 Å². The van der Waals surface area contributed by atoms with Crippen molar-refractivity contribution in [2.75, 3.05) is 30.0 Å². The van der Waals surface area contributed by atoms with E-state index >= 15 is 0 Å². The molecular formula is C23H23N3O5S. The number of carbonyl (C=O) groups is 1. The van der Waals surface area contributed by atoms with Gasteiger partial charge in [-0.3, -0.25) is 9.52 Å². The maximum atomic E-state index is 12.7. The molecule has 0 fully saturated rings. The number of carbonyl (C=O) groups excluding carboxylic acids is 1. The second kappa shape index (κ2) is 9.88. The molecule has 0 spiro atoms. The highest BCUT2D eigenvalue weighted by atomic mass is 32.2. The molecule has 8 nitrogen and oxygen atoms in total. The first-order valence-electron chi connectivity index (χ1n) is 9.51. The van der Waals surface area contributed by atoms with Gasteiger partial charge in [-0.1, -0.05) is 24.3 Å². The van der Waals surface area contributed by atoms with Crippen molar-refractivity contribution >= 4 is 39.1 Å². The van der Waals surface area contributed by atoms with Gasteiger partial charge in [0.05, 0.1) is 36.2 Å². The lowest BCUT2D eigenvalue weighted by Gasteiger charge is -2.12. The highest BCUT2D eigenvalue weighted by molar-refractivity contribution is 7.92. The Morgan fingerprint density at radius 1 is 0.938 bits per heavy atom. The van der Waals surface area contributed by atoms with Crippen LogP contribution in [0.3, 0.4) is 0 Å². The molecule has 3 rings (SSSR count). The third kappa shape index (κ3) is 5.58. The van der Waals surface area contributed by atoms with Crippen LogP contribution in [-0.2, 0) is 14.8 Å². The van der Waals surface area contributed by atoms with Gasteiger partial charge in [0, 0.05) is 12.1 Å². The summed E-state index contributed by atoms with van der Waals surface area (Å²) in [4.78, 5) is 12.2. The zero-order valence-corrected chi connectivity index (χ0v) is 18.3. The van der Waals surface area contributed by atoms with E-state index in [2.05, 4.69) is 10.0 Å². The van der Waals surface area contributed by atoms with E-state index in [4.69, 9.17) is 15.2 Å². The molecule has 0 saturated heterocycles. The first-order chi connectivity index (χ1) is 15.3. The number of methoxy groups -OCH3 is 2. The summed E-state index contributed by atoms with van der Waals surface area (Å²) < 4.78 is 38.2. The summed E-state index contributed by atoms with van der Waals surface area (Å²) in [5.74, 6) is 0.545. The number of hydrogen-bond donors (Lipinski definition) is 3. The van der Waals surface area contributed by atoms with E-state index in [-0.39, 0.29) is 10.8 Å². The number of ether oxygens (including phenoxy) is 2. The van der Waals surface area contributed by atoms with Crippen LogP contribution in [0.4, 0.5) is 17.1 Å². The first-order valence-corrected chi connectivity index (χ1v) is 11.0. The van der Waals surface area contributed by atoms with Gasteiger partial charge in [0.2, 0.25) is 5.91 Å². The molecule has 0 atom stereocenters. The predicted molar refractivity (Wildman–Crippen MR) is 125 cm³/mol. The Kier molecular flexibility index (Phi) is 7.01. The van der Waals surface area contributed by atoms with E-state index in [0.29, 0.717) is 34.1 Å². The van der Waals surface area contributed by atoms with Gasteiger partial charge in [0.1, 0.15) is 0 Å². The summed E-state index contributed by atoms with van der Waals surface area (Å²) >= 11 is 0. The van der Waals surface area contributed by atoms with Crippen LogP contribution in [0, 0.1) is 0 Å². The average molecular weight is 454 g/mol. The molecule has 166 valence electrons. The van der Waals surface area contributed by atoms with Gasteiger partial charge in [0.15, 0.2) is 11.5 Å². The number of hydrogen-bond acceptors (Lipinski definition) is 6. The third-order valence-corrected chi connectivity index (χ3v) is 5.87. The maximum Gasteiger partial charge on any atom is 0.261 e. The van der Waals surface area contributed by atoms with Crippen LogP contribution in [0.15, 0.2) is 77.7 Å². The lowest BCUT2D eigenvalue weighted by atomic mass is 10.2. The Balaban J connectivity index is 1.68. The molecule has 0 unspecified atom stereocenters. The second-order valence-electron chi connectivity index (χ2n) is 6.65. The minimum Gasteiger partial charge on any atom is -0.493 e. The minimum atomic E-state index is -3.82. The molecule has 0 heterocycles. The highest BCUT2D eigenvalue weighted by Crippen LogP contribution is 2.30. The van der Waals surface area contributed by atoms with Crippen molar-refractivity contribution < 1.29 is 22.7 Å². The lowest BCUT2D eigenvalue weighted by molar-refractivity contribution is -0.111.